The lowest BCUT2D eigenvalue weighted by molar-refractivity contribution is -0.383. The van der Waals surface area contributed by atoms with Crippen LogP contribution in [0.1, 0.15) is 0 Å². The van der Waals surface area contributed by atoms with Crippen LogP contribution in [-0.2, 0) is 0 Å². The lowest BCUT2D eigenvalue weighted by Gasteiger charge is -2.04. The number of ether oxygens (including phenoxy) is 1. The lowest BCUT2D eigenvalue weighted by atomic mass is 10.1. The van der Waals surface area contributed by atoms with Crippen LogP contribution in [0.25, 0.3) is 11.3 Å². The number of rotatable bonds is 3. The van der Waals surface area contributed by atoms with Crippen molar-refractivity contribution in [2.75, 3.05) is 12.8 Å². The van der Waals surface area contributed by atoms with Crippen LogP contribution in [0.15, 0.2) is 24.7 Å². The van der Waals surface area contributed by atoms with Crippen molar-refractivity contribution in [1.29, 1.82) is 0 Å². The van der Waals surface area contributed by atoms with Crippen LogP contribution in [0.5, 0.6) is 5.88 Å². The molecule has 0 aliphatic rings. The van der Waals surface area contributed by atoms with Gasteiger partial charge in [-0.1, -0.05) is 0 Å². The maximum Gasteiger partial charge on any atom is 0.337 e. The Bertz CT molecular complexity index is 602. The maximum atomic E-state index is 11.0. The summed E-state index contributed by atoms with van der Waals surface area (Å²) in [4.78, 5) is 21.8. The summed E-state index contributed by atoms with van der Waals surface area (Å²) < 4.78 is 4.95. The quantitative estimate of drug-likeness (QED) is 0.635. The second kappa shape index (κ2) is 4.62. The van der Waals surface area contributed by atoms with Crippen molar-refractivity contribution >= 4 is 11.5 Å². The third-order valence-electron chi connectivity index (χ3n) is 2.25. The Balaban J connectivity index is 2.63. The van der Waals surface area contributed by atoms with Crippen molar-refractivity contribution in [3.05, 3.63) is 34.8 Å². The van der Waals surface area contributed by atoms with Gasteiger partial charge in [-0.15, -0.1) is 0 Å². The van der Waals surface area contributed by atoms with E-state index in [4.69, 9.17) is 10.5 Å². The lowest BCUT2D eigenvalue weighted by Crippen LogP contribution is -2.02. The van der Waals surface area contributed by atoms with Crippen LogP contribution >= 0.6 is 0 Å². The largest absolute Gasteiger partial charge is 0.481 e. The summed E-state index contributed by atoms with van der Waals surface area (Å²) in [6.45, 7) is 0. The molecule has 8 nitrogen and oxygen atoms in total. The van der Waals surface area contributed by atoms with E-state index in [1.807, 2.05) is 0 Å². The van der Waals surface area contributed by atoms with Gasteiger partial charge < -0.3 is 10.5 Å². The Morgan fingerprint density at radius 3 is 2.83 bits per heavy atom. The predicted octanol–water partition coefficient (Wildman–Crippen LogP) is 1.04. The summed E-state index contributed by atoms with van der Waals surface area (Å²) in [5, 5.41) is 11.0. The fourth-order valence-corrected chi connectivity index (χ4v) is 1.45. The van der Waals surface area contributed by atoms with Crippen LogP contribution in [0.2, 0.25) is 0 Å². The highest BCUT2D eigenvalue weighted by Gasteiger charge is 2.22. The molecule has 2 N–H and O–H groups in total. The first-order valence-electron chi connectivity index (χ1n) is 4.88. The summed E-state index contributed by atoms with van der Waals surface area (Å²) in [5.41, 5.74) is 5.78. The molecule has 0 amide bonds. The van der Waals surface area contributed by atoms with Gasteiger partial charge in [-0.25, -0.2) is 15.0 Å². The van der Waals surface area contributed by atoms with Crippen molar-refractivity contribution in [3.8, 4) is 17.1 Å². The molecule has 0 aromatic carbocycles. The molecule has 2 heterocycles. The molecule has 0 aliphatic heterocycles. The fraction of sp³-hybridized carbons (Fsp3) is 0.100. The minimum atomic E-state index is -0.614. The fourth-order valence-electron chi connectivity index (χ4n) is 1.45. The maximum absolute atomic E-state index is 11.0. The van der Waals surface area contributed by atoms with E-state index in [0.717, 1.165) is 0 Å². The van der Waals surface area contributed by atoms with Gasteiger partial charge in [0.2, 0.25) is 11.7 Å². The predicted molar refractivity (Wildman–Crippen MR) is 62.9 cm³/mol. The first kappa shape index (κ1) is 11.7. The van der Waals surface area contributed by atoms with E-state index in [-0.39, 0.29) is 17.2 Å². The average molecular weight is 247 g/mol. The number of nitrogens with zero attached hydrogens (tertiary/aromatic N) is 4. The van der Waals surface area contributed by atoms with E-state index in [1.165, 1.54) is 25.7 Å². The molecule has 0 aliphatic carbocycles. The normalized spacial score (nSPS) is 10.1. The SMILES string of the molecule is COc1cc(-c2ncnc(N)c2[N+](=O)[O-])ccn1. The minimum absolute atomic E-state index is 0.133. The summed E-state index contributed by atoms with van der Waals surface area (Å²) in [6, 6.07) is 3.12. The molecule has 0 radical (unpaired) electrons. The third-order valence-corrected chi connectivity index (χ3v) is 2.25. The number of nitrogens with two attached hydrogens (primary N) is 1. The van der Waals surface area contributed by atoms with Gasteiger partial charge in [-0.3, -0.25) is 10.1 Å². The number of nitro groups is 1. The van der Waals surface area contributed by atoms with Crippen LogP contribution < -0.4 is 10.5 Å². The molecule has 0 fully saturated rings. The second-order valence-corrected chi connectivity index (χ2v) is 3.30. The molecular formula is C10H9N5O3. The average Bonchev–Trinajstić information content (AvgIpc) is 2.38. The molecular weight excluding hydrogens is 238 g/mol. The van der Waals surface area contributed by atoms with Crippen molar-refractivity contribution in [1.82, 2.24) is 15.0 Å². The van der Waals surface area contributed by atoms with Gasteiger partial charge >= 0.3 is 5.69 Å². The zero-order valence-electron chi connectivity index (χ0n) is 9.40. The molecule has 8 heteroatoms. The Labute approximate surface area is 102 Å². The summed E-state index contributed by atoms with van der Waals surface area (Å²) in [5.74, 6) is 0.153. The van der Waals surface area contributed by atoms with Gasteiger partial charge in [0, 0.05) is 17.8 Å². The molecule has 0 atom stereocenters. The topological polar surface area (TPSA) is 117 Å². The van der Waals surface area contributed by atoms with Gasteiger partial charge in [0.05, 0.1) is 12.0 Å². The zero-order chi connectivity index (χ0) is 13.1. The van der Waals surface area contributed by atoms with Crippen molar-refractivity contribution in [2.24, 2.45) is 0 Å². The van der Waals surface area contributed by atoms with E-state index >= 15 is 0 Å². The molecule has 0 unspecified atom stereocenters. The van der Waals surface area contributed by atoms with Crippen molar-refractivity contribution in [2.45, 2.75) is 0 Å². The Kier molecular flexibility index (Phi) is 3.00. The number of hydrogen-bond acceptors (Lipinski definition) is 7. The highest BCUT2D eigenvalue weighted by atomic mass is 16.6. The summed E-state index contributed by atoms with van der Waals surface area (Å²) in [6.07, 6.45) is 2.64. The molecule has 2 aromatic heterocycles. The van der Waals surface area contributed by atoms with Gasteiger partial charge in [-0.05, 0) is 6.07 Å². The third kappa shape index (κ3) is 2.03. The molecule has 2 aromatic rings. The Morgan fingerprint density at radius 2 is 2.17 bits per heavy atom. The number of hydrogen-bond donors (Lipinski definition) is 1. The standard InChI is InChI=1S/C10H9N5O3/c1-18-7-4-6(2-3-12-7)8-9(15(16)17)10(11)14-5-13-8/h2-5H,1H3,(H2,11,13,14). The highest BCUT2D eigenvalue weighted by molar-refractivity contribution is 5.75. The highest BCUT2D eigenvalue weighted by Crippen LogP contribution is 2.31. The van der Waals surface area contributed by atoms with Crippen LogP contribution in [0.3, 0.4) is 0 Å². The first-order chi connectivity index (χ1) is 8.63. The van der Waals surface area contributed by atoms with Crippen molar-refractivity contribution in [3.63, 3.8) is 0 Å². The van der Waals surface area contributed by atoms with Crippen molar-refractivity contribution < 1.29 is 9.66 Å². The Morgan fingerprint density at radius 1 is 1.39 bits per heavy atom. The number of nitrogen functional groups attached to an aromatic ring is 1. The minimum Gasteiger partial charge on any atom is -0.481 e. The monoisotopic (exact) mass is 247 g/mol. The number of pyridine rings is 1. The van der Waals surface area contributed by atoms with Crippen LogP contribution in [0, 0.1) is 10.1 Å². The number of aromatic nitrogens is 3. The van der Waals surface area contributed by atoms with Crippen LogP contribution in [0.4, 0.5) is 11.5 Å². The first-order valence-corrected chi connectivity index (χ1v) is 4.88. The summed E-state index contributed by atoms with van der Waals surface area (Å²) >= 11 is 0. The van der Waals surface area contributed by atoms with E-state index in [0.29, 0.717) is 11.4 Å². The van der Waals surface area contributed by atoms with E-state index in [9.17, 15) is 10.1 Å². The molecule has 92 valence electrons. The van der Waals surface area contributed by atoms with E-state index < -0.39 is 4.92 Å². The van der Waals surface area contributed by atoms with Gasteiger partial charge in [0.15, 0.2) is 5.69 Å². The Hall–Kier alpha value is -2.77. The van der Waals surface area contributed by atoms with Gasteiger partial charge in [0.25, 0.3) is 0 Å². The van der Waals surface area contributed by atoms with Gasteiger partial charge in [-0.2, -0.15) is 0 Å². The summed E-state index contributed by atoms with van der Waals surface area (Å²) in [7, 11) is 1.45. The smallest absolute Gasteiger partial charge is 0.337 e. The van der Waals surface area contributed by atoms with E-state index in [2.05, 4.69) is 15.0 Å². The number of methoxy groups -OCH3 is 1. The molecule has 0 spiro atoms. The molecule has 0 saturated heterocycles. The van der Waals surface area contributed by atoms with Crippen LogP contribution in [-0.4, -0.2) is 27.0 Å². The second-order valence-electron chi connectivity index (χ2n) is 3.30. The molecule has 18 heavy (non-hydrogen) atoms. The van der Waals surface area contributed by atoms with Gasteiger partial charge in [0.1, 0.15) is 6.33 Å². The molecule has 0 bridgehead atoms. The zero-order valence-corrected chi connectivity index (χ0v) is 9.40. The molecule has 2 rings (SSSR count). The van der Waals surface area contributed by atoms with E-state index in [1.54, 1.807) is 6.07 Å². The number of anilines is 1. The molecule has 0 saturated carbocycles.